The van der Waals surface area contributed by atoms with E-state index in [0.29, 0.717) is 0 Å². The molecule has 0 fully saturated rings. The Morgan fingerprint density at radius 1 is 1.13 bits per heavy atom. The molecular weight excluding hydrogens is 250 g/mol. The Morgan fingerprint density at radius 3 is 1.67 bits per heavy atom. The molecule has 0 aliphatic carbocycles. The Morgan fingerprint density at radius 2 is 1.60 bits per heavy atom. The Labute approximate surface area is 85.6 Å². The van der Waals surface area contributed by atoms with E-state index in [1.807, 2.05) is 0 Å². The first-order valence-corrected chi connectivity index (χ1v) is 6.05. The normalized spacial score (nSPS) is 12.0. The molecule has 0 atom stereocenters. The van der Waals surface area contributed by atoms with E-state index in [-0.39, 0.29) is 0 Å². The van der Waals surface area contributed by atoms with E-state index in [1.54, 1.807) is 0 Å². The first kappa shape index (κ1) is 13.9. The lowest BCUT2D eigenvalue weighted by molar-refractivity contribution is 0.508. The molecule has 0 aromatic carbocycles. The quantitative estimate of drug-likeness (QED) is 0.311. The molecule has 11 nitrogen and oxygen atoms in total. The summed E-state index contributed by atoms with van der Waals surface area (Å²) < 4.78 is 39.8. The highest BCUT2D eigenvalue weighted by molar-refractivity contribution is 8.01. The molecule has 1 rings (SSSR count). The summed E-state index contributed by atoms with van der Waals surface area (Å²) in [6.07, 6.45) is 2.96. The molecule has 13 heteroatoms. The molecule has 0 saturated heterocycles. The number of aromatic amines is 1. The molecule has 0 unspecified atom stereocenters. The van der Waals surface area contributed by atoms with Crippen LogP contribution in [0.5, 0.6) is 0 Å². The molecule has 1 aromatic heterocycles. The molecule has 1 heterocycles. The van der Waals surface area contributed by atoms with Gasteiger partial charge in [0.1, 0.15) is 12.7 Å². The highest BCUT2D eigenvalue weighted by Gasteiger charge is 2.23. The minimum Gasteiger partial charge on any atom is -0.266 e. The number of nitrogens with zero attached hydrogens (tertiary/aromatic N) is 3. The highest BCUT2D eigenvalue weighted by Crippen LogP contribution is 1.88. The van der Waals surface area contributed by atoms with Crippen LogP contribution in [0.1, 0.15) is 0 Å². The molecule has 88 valence electrons. The molecule has 7 N–H and O–H groups in total. The van der Waals surface area contributed by atoms with Crippen LogP contribution in [0.15, 0.2) is 12.7 Å². The summed E-state index contributed by atoms with van der Waals surface area (Å²) in [5.41, 5.74) is 0. The van der Waals surface area contributed by atoms with E-state index in [4.69, 9.17) is 0 Å². The lowest BCUT2D eigenvalue weighted by Crippen LogP contribution is -2.49. The van der Waals surface area contributed by atoms with Gasteiger partial charge >= 0.3 is 20.4 Å². The molecular formula is C2H9N7O4S2. The predicted octanol–water partition coefficient (Wildman–Crippen LogP) is -3.63. The summed E-state index contributed by atoms with van der Waals surface area (Å²) in [5.74, 6) is 4.44. The summed E-state index contributed by atoms with van der Waals surface area (Å²) in [6.45, 7) is 0. The number of hydrazine groups is 1. The van der Waals surface area contributed by atoms with Crippen LogP contribution in [0.4, 0.5) is 0 Å². The second kappa shape index (κ2) is 5.10. The van der Waals surface area contributed by atoms with Crippen LogP contribution in [0.25, 0.3) is 0 Å². The van der Waals surface area contributed by atoms with Crippen molar-refractivity contribution in [3.8, 4) is 0 Å². The molecule has 0 spiro atoms. The van der Waals surface area contributed by atoms with Crippen LogP contribution in [0.2, 0.25) is 0 Å². The van der Waals surface area contributed by atoms with Gasteiger partial charge in [-0.25, -0.2) is 21.1 Å². The number of nitrogens with one attached hydrogen (secondary N) is 1. The molecule has 0 bridgehead atoms. The molecule has 15 heavy (non-hydrogen) atoms. The number of aromatic nitrogens is 3. The molecule has 1 aromatic rings. The van der Waals surface area contributed by atoms with Crippen LogP contribution in [0.3, 0.4) is 0 Å². The van der Waals surface area contributed by atoms with Crippen molar-refractivity contribution in [2.75, 3.05) is 0 Å². The third kappa shape index (κ3) is 6.05. The third-order valence-electron chi connectivity index (χ3n) is 0.833. The van der Waals surface area contributed by atoms with Crippen molar-refractivity contribution in [3.05, 3.63) is 12.7 Å². The lowest BCUT2D eigenvalue weighted by atomic mass is 11.3. The monoisotopic (exact) mass is 259 g/mol. The molecule has 0 aliphatic rings. The van der Waals surface area contributed by atoms with Crippen molar-refractivity contribution >= 4 is 20.4 Å². The van der Waals surface area contributed by atoms with Crippen LogP contribution >= 0.6 is 0 Å². The van der Waals surface area contributed by atoms with E-state index in [1.165, 1.54) is 12.7 Å². The predicted molar refractivity (Wildman–Crippen MR) is 48.6 cm³/mol. The Bertz CT molecular complexity index is 412. The van der Waals surface area contributed by atoms with E-state index in [9.17, 15) is 16.8 Å². The highest BCUT2D eigenvalue weighted by atomic mass is 32.3. The number of hydrogen-bond donors (Lipinski definition) is 4. The summed E-state index contributed by atoms with van der Waals surface area (Å²) in [5, 5.41) is 14.5. The third-order valence-corrected chi connectivity index (χ3v) is 3.08. The number of nitrogens with two attached hydrogens (primary N) is 3. The van der Waals surface area contributed by atoms with Gasteiger partial charge in [-0.05, 0) is 3.82 Å². The van der Waals surface area contributed by atoms with Gasteiger partial charge in [0, 0.05) is 0 Å². The second-order valence-corrected chi connectivity index (χ2v) is 5.04. The smallest absolute Gasteiger partial charge is 0.266 e. The van der Waals surface area contributed by atoms with Gasteiger partial charge in [0.05, 0.1) is 0 Å². The van der Waals surface area contributed by atoms with Crippen molar-refractivity contribution in [3.63, 3.8) is 0 Å². The average Bonchev–Trinajstić information content (AvgIpc) is 2.56. The van der Waals surface area contributed by atoms with Gasteiger partial charge in [-0.2, -0.15) is 21.9 Å². The molecule has 0 saturated carbocycles. The first-order valence-electron chi connectivity index (χ1n) is 3.05. The van der Waals surface area contributed by atoms with Crippen molar-refractivity contribution in [2.24, 2.45) is 16.1 Å². The van der Waals surface area contributed by atoms with Gasteiger partial charge in [-0.15, -0.1) is 0 Å². The zero-order valence-electron chi connectivity index (χ0n) is 7.18. The van der Waals surface area contributed by atoms with Gasteiger partial charge in [-0.1, -0.05) is 0 Å². The van der Waals surface area contributed by atoms with Crippen LogP contribution in [0, 0.1) is 0 Å². The van der Waals surface area contributed by atoms with Crippen LogP contribution in [-0.2, 0) is 20.4 Å². The van der Waals surface area contributed by atoms with Gasteiger partial charge < -0.3 is 0 Å². The van der Waals surface area contributed by atoms with E-state index in [2.05, 4.69) is 31.3 Å². The molecule has 0 amide bonds. The fourth-order valence-corrected chi connectivity index (χ4v) is 1.47. The number of H-pyrrole nitrogens is 1. The van der Waals surface area contributed by atoms with Gasteiger partial charge in [0.2, 0.25) is 0 Å². The van der Waals surface area contributed by atoms with E-state index in [0.717, 1.165) is 0 Å². The van der Waals surface area contributed by atoms with Gasteiger partial charge in [-0.3, -0.25) is 5.10 Å². The SMILES string of the molecule is NN(S(N)(=O)=O)S(N)(=O)=O.c1nc[nH]n1. The van der Waals surface area contributed by atoms with Crippen molar-refractivity contribution in [2.45, 2.75) is 0 Å². The standard InChI is InChI=1S/C2H3N3.H6N4O4S2/c1-3-2-5-4-1;1-4(9(2,5)6)10(3,7)8/h1-2H,(H,3,4,5);1H2,(H2,2,5,6)(H2,3,7,8). The number of rotatable bonds is 2. The zero-order valence-corrected chi connectivity index (χ0v) is 8.81. The fraction of sp³-hybridized carbons (Fsp3) is 0. The summed E-state index contributed by atoms with van der Waals surface area (Å²) in [6, 6.07) is 0. The van der Waals surface area contributed by atoms with Crippen molar-refractivity contribution in [1.82, 2.24) is 19.0 Å². The molecule has 0 aliphatic heterocycles. The van der Waals surface area contributed by atoms with Crippen molar-refractivity contribution in [1.29, 1.82) is 0 Å². The summed E-state index contributed by atoms with van der Waals surface area (Å²) in [4.78, 5) is 3.56. The fourth-order valence-electron chi connectivity index (χ4n) is 0.311. The van der Waals surface area contributed by atoms with Crippen LogP contribution in [-0.4, -0.2) is 35.8 Å². The first-order chi connectivity index (χ1) is 6.65. The number of hydrogen-bond acceptors (Lipinski definition) is 7. The van der Waals surface area contributed by atoms with Crippen molar-refractivity contribution < 1.29 is 16.8 Å². The maximum Gasteiger partial charge on any atom is 0.304 e. The maximum atomic E-state index is 10.1. The Balaban J connectivity index is 0.000000322. The summed E-state index contributed by atoms with van der Waals surface area (Å²) in [7, 11) is -8.92. The van der Waals surface area contributed by atoms with Gasteiger partial charge in [0.15, 0.2) is 0 Å². The zero-order chi connectivity index (χ0) is 12.1. The topological polar surface area (TPSA) is 191 Å². The summed E-state index contributed by atoms with van der Waals surface area (Å²) >= 11 is 0. The molecule has 0 radical (unpaired) electrons. The minimum atomic E-state index is -4.46. The maximum absolute atomic E-state index is 10.1. The average molecular weight is 259 g/mol. The van der Waals surface area contributed by atoms with Gasteiger partial charge in [0.25, 0.3) is 0 Å². The lowest BCUT2D eigenvalue weighted by Gasteiger charge is -2.07. The minimum absolute atomic E-state index is 0.625. The van der Waals surface area contributed by atoms with E-state index >= 15 is 0 Å². The van der Waals surface area contributed by atoms with E-state index < -0.39 is 24.2 Å². The largest absolute Gasteiger partial charge is 0.304 e. The second-order valence-electron chi connectivity index (χ2n) is 1.97. The Hall–Kier alpha value is -1.12. The Kier molecular flexibility index (Phi) is 4.72. The van der Waals surface area contributed by atoms with Crippen LogP contribution < -0.4 is 16.1 Å².